The van der Waals surface area contributed by atoms with Gasteiger partial charge in [-0.1, -0.05) is 61.5 Å². The SMILES string of the molecule is CCC(/C=C1\Oc2ccc3c(ccc4ccccc43)c2N1CS(=O)(=O)[O-])=C\c1oc2ccc(-n3ccc4ccccc43)cc2[n+]1CS(=O)(=O)[O-]. The first-order chi connectivity index (χ1) is 24.0. The molecular formula is C37H28N3O8S2-. The predicted octanol–water partition coefficient (Wildman–Crippen LogP) is 6.51. The van der Waals surface area contributed by atoms with Gasteiger partial charge in [0.1, 0.15) is 16.0 Å². The van der Waals surface area contributed by atoms with Gasteiger partial charge in [0.2, 0.25) is 17.3 Å². The van der Waals surface area contributed by atoms with Crippen molar-refractivity contribution in [2.24, 2.45) is 0 Å². The number of fused-ring (bicyclic) bond motifs is 7. The second kappa shape index (κ2) is 11.8. The first kappa shape index (κ1) is 31.8. The van der Waals surface area contributed by atoms with Crippen molar-refractivity contribution < 1.29 is 39.7 Å². The minimum absolute atomic E-state index is 0.0815. The fraction of sp³-hybridized carbons (Fsp3) is 0.108. The number of allylic oxidation sites excluding steroid dienone is 2. The van der Waals surface area contributed by atoms with E-state index in [1.54, 1.807) is 30.4 Å². The zero-order chi connectivity index (χ0) is 34.8. The highest BCUT2D eigenvalue weighted by molar-refractivity contribution is 7.85. The molecule has 252 valence electrons. The second-order valence-corrected chi connectivity index (χ2v) is 14.8. The molecule has 7 aromatic rings. The van der Waals surface area contributed by atoms with E-state index >= 15 is 0 Å². The lowest BCUT2D eigenvalue weighted by atomic mass is 10.0. The summed E-state index contributed by atoms with van der Waals surface area (Å²) in [6.07, 6.45) is 5.43. The van der Waals surface area contributed by atoms with E-state index in [4.69, 9.17) is 9.15 Å². The summed E-state index contributed by atoms with van der Waals surface area (Å²) in [4.78, 5) is 1.33. The molecule has 0 unspecified atom stereocenters. The number of para-hydroxylation sites is 1. The van der Waals surface area contributed by atoms with E-state index < -0.39 is 32.0 Å². The number of hydrogen-bond donors (Lipinski definition) is 0. The molecule has 0 saturated heterocycles. The summed E-state index contributed by atoms with van der Waals surface area (Å²) in [6.45, 7) is 1.84. The molecule has 2 aromatic heterocycles. The second-order valence-electron chi connectivity index (χ2n) is 12.0. The Morgan fingerprint density at radius 3 is 2.36 bits per heavy atom. The van der Waals surface area contributed by atoms with Crippen molar-refractivity contribution in [2.45, 2.75) is 19.2 Å². The van der Waals surface area contributed by atoms with Gasteiger partial charge in [-0.3, -0.25) is 4.90 Å². The normalized spacial score (nSPS) is 14.7. The third-order valence-corrected chi connectivity index (χ3v) is 9.95. The first-order valence-electron chi connectivity index (χ1n) is 15.7. The van der Waals surface area contributed by atoms with Crippen molar-refractivity contribution in [1.29, 1.82) is 0 Å². The Bertz CT molecular complexity index is 2800. The topological polar surface area (TPSA) is 149 Å². The summed E-state index contributed by atoms with van der Waals surface area (Å²) in [5.41, 5.74) is 3.40. The molecule has 0 atom stereocenters. The molecule has 0 bridgehead atoms. The molecule has 11 nitrogen and oxygen atoms in total. The number of benzene rings is 5. The van der Waals surface area contributed by atoms with E-state index in [1.165, 1.54) is 9.47 Å². The Kier molecular flexibility index (Phi) is 7.53. The molecule has 0 radical (unpaired) electrons. The van der Waals surface area contributed by atoms with Crippen molar-refractivity contribution in [3.05, 3.63) is 127 Å². The van der Waals surface area contributed by atoms with Gasteiger partial charge in [-0.25, -0.2) is 16.8 Å². The van der Waals surface area contributed by atoms with Gasteiger partial charge in [0.05, 0.1) is 23.0 Å². The van der Waals surface area contributed by atoms with Crippen LogP contribution in [0.4, 0.5) is 5.69 Å². The van der Waals surface area contributed by atoms with Crippen LogP contribution in [0.25, 0.3) is 55.3 Å². The maximum atomic E-state index is 12.2. The van der Waals surface area contributed by atoms with E-state index in [0.29, 0.717) is 39.9 Å². The van der Waals surface area contributed by atoms with Crippen LogP contribution in [-0.2, 0) is 26.1 Å². The summed E-state index contributed by atoms with van der Waals surface area (Å²) >= 11 is 0. The van der Waals surface area contributed by atoms with Crippen LogP contribution in [0.15, 0.2) is 125 Å². The van der Waals surface area contributed by atoms with Gasteiger partial charge < -0.3 is 22.8 Å². The zero-order valence-corrected chi connectivity index (χ0v) is 28.1. The zero-order valence-electron chi connectivity index (χ0n) is 26.5. The van der Waals surface area contributed by atoms with Gasteiger partial charge in [-0.2, -0.15) is 0 Å². The van der Waals surface area contributed by atoms with Crippen LogP contribution in [0.2, 0.25) is 0 Å². The first-order valence-corrected chi connectivity index (χ1v) is 18.8. The smallest absolute Gasteiger partial charge is 0.375 e. The number of ether oxygens (including phenoxy) is 1. The van der Waals surface area contributed by atoms with Gasteiger partial charge in [-0.15, -0.1) is 4.57 Å². The van der Waals surface area contributed by atoms with Gasteiger partial charge in [-0.05, 0) is 69.9 Å². The van der Waals surface area contributed by atoms with E-state index in [0.717, 1.165) is 32.7 Å². The fourth-order valence-electron chi connectivity index (χ4n) is 6.59. The van der Waals surface area contributed by atoms with Crippen molar-refractivity contribution in [2.75, 3.05) is 10.8 Å². The third-order valence-electron chi connectivity index (χ3n) is 8.80. The molecule has 8 rings (SSSR count). The van der Waals surface area contributed by atoms with Crippen LogP contribution in [0.3, 0.4) is 0 Å². The summed E-state index contributed by atoms with van der Waals surface area (Å²) < 4.78 is 88.5. The molecule has 0 N–H and O–H groups in total. The molecule has 13 heteroatoms. The Morgan fingerprint density at radius 2 is 1.58 bits per heavy atom. The van der Waals surface area contributed by atoms with Gasteiger partial charge in [0.15, 0.2) is 15.9 Å². The molecule has 0 spiro atoms. The Hall–Kier alpha value is -5.47. The third kappa shape index (κ3) is 5.79. The molecule has 1 aliphatic rings. The highest BCUT2D eigenvalue weighted by Crippen LogP contribution is 2.46. The molecular weight excluding hydrogens is 679 g/mol. The molecule has 0 amide bonds. The van der Waals surface area contributed by atoms with E-state index in [2.05, 4.69) is 0 Å². The van der Waals surface area contributed by atoms with Crippen LogP contribution >= 0.6 is 0 Å². The number of aromatic nitrogens is 2. The van der Waals surface area contributed by atoms with Gasteiger partial charge in [0.25, 0.3) is 5.52 Å². The standard InChI is InChI=1S/C37H29N3O8S2/c1-2-24(20-36-40(23-50(44,45)46)37-30-13-11-25-7-3-5-9-28(25)29(30)14-16-34(37)48-36)19-35-39(22-49(41,42)43)32-21-27(12-15-33(32)47-35)38-18-17-26-8-4-6-10-31(26)38/h3-21H,2,22-23H2,1H3,(H-,41,42,43,44,45,46)/p-1. The minimum Gasteiger partial charge on any atom is -0.747 e. The summed E-state index contributed by atoms with van der Waals surface area (Å²) in [7, 11) is -9.53. The molecule has 3 heterocycles. The fourth-order valence-corrected chi connectivity index (χ4v) is 7.75. The molecule has 5 aromatic carbocycles. The molecule has 0 aliphatic carbocycles. The molecule has 0 saturated carbocycles. The van der Waals surface area contributed by atoms with Crippen LogP contribution in [-0.4, -0.2) is 36.4 Å². The summed E-state index contributed by atoms with van der Waals surface area (Å²) in [5, 5.41) is 4.55. The van der Waals surface area contributed by atoms with E-state index in [9.17, 15) is 25.9 Å². The van der Waals surface area contributed by atoms with Crippen molar-refractivity contribution in [3.8, 4) is 11.4 Å². The number of nitrogens with zero attached hydrogens (tertiary/aromatic N) is 3. The number of oxazole rings is 1. The maximum Gasteiger partial charge on any atom is 0.375 e. The number of rotatable bonds is 8. The van der Waals surface area contributed by atoms with E-state index in [-0.39, 0.29) is 11.8 Å². The lowest BCUT2D eigenvalue weighted by molar-refractivity contribution is -0.658. The van der Waals surface area contributed by atoms with E-state index in [1.807, 2.05) is 96.6 Å². The van der Waals surface area contributed by atoms with Gasteiger partial charge >= 0.3 is 5.89 Å². The Morgan fingerprint density at radius 1 is 0.820 bits per heavy atom. The largest absolute Gasteiger partial charge is 0.747 e. The molecule has 0 fully saturated rings. The monoisotopic (exact) mass is 706 g/mol. The Labute approximate surface area is 287 Å². The van der Waals surface area contributed by atoms with Crippen molar-refractivity contribution in [1.82, 2.24) is 4.57 Å². The number of anilines is 1. The average molecular weight is 707 g/mol. The lowest BCUT2D eigenvalue weighted by Crippen LogP contribution is -2.39. The van der Waals surface area contributed by atoms with Crippen LogP contribution in [0, 0.1) is 0 Å². The van der Waals surface area contributed by atoms with Crippen LogP contribution in [0.1, 0.15) is 19.2 Å². The molecule has 50 heavy (non-hydrogen) atoms. The maximum absolute atomic E-state index is 12.2. The minimum atomic E-state index is -4.77. The predicted molar refractivity (Wildman–Crippen MR) is 188 cm³/mol. The highest BCUT2D eigenvalue weighted by atomic mass is 32.2. The van der Waals surface area contributed by atoms with Crippen LogP contribution in [0.5, 0.6) is 5.75 Å². The molecule has 1 aliphatic heterocycles. The Balaban J connectivity index is 1.25. The summed E-state index contributed by atoms with van der Waals surface area (Å²) in [6, 6.07) is 30.3. The number of hydrogen-bond acceptors (Lipinski definition) is 9. The lowest BCUT2D eigenvalue weighted by Gasteiger charge is -2.21. The van der Waals surface area contributed by atoms with Crippen molar-refractivity contribution >= 4 is 75.5 Å². The van der Waals surface area contributed by atoms with Crippen molar-refractivity contribution in [3.63, 3.8) is 0 Å². The summed E-state index contributed by atoms with van der Waals surface area (Å²) in [5.74, 6) is -1.23. The van der Waals surface area contributed by atoms with Crippen LogP contribution < -0.4 is 14.2 Å². The average Bonchev–Trinajstić information content (AvgIpc) is 3.76. The highest BCUT2D eigenvalue weighted by Gasteiger charge is 2.31. The quantitative estimate of drug-likeness (QED) is 0.0980. The van der Waals surface area contributed by atoms with Gasteiger partial charge in [0, 0.05) is 23.7 Å².